The van der Waals surface area contributed by atoms with Gasteiger partial charge >= 0.3 is 0 Å². The predicted octanol–water partition coefficient (Wildman–Crippen LogP) is 19.6. The van der Waals surface area contributed by atoms with E-state index in [1.165, 1.54) is 270 Å². The number of hydrogen-bond donors (Lipinski definition) is 8. The SMILES string of the molecule is CCCCCCCCCCCCCC/C=C/CC/C=C/CC/C=C/CCCC(O)C(O)C(COC1OC(CO)C(O)C(O)C1O)NC(=O)C(O)CCCCCCCCCCCCCCCCCC/C=C\C/C=C\CCCCCCCCCCCCCCCCC. The number of allylic oxidation sites excluding steroid dienone is 10. The Balaban J connectivity index is 2.16. The Labute approximate surface area is 554 Å². The number of carbonyl (C=O) groups excluding carboxylic acids is 1. The van der Waals surface area contributed by atoms with Crippen molar-refractivity contribution in [2.75, 3.05) is 13.2 Å². The minimum atomic E-state index is -1.68. The van der Waals surface area contributed by atoms with Gasteiger partial charge in [-0.3, -0.25) is 4.79 Å². The van der Waals surface area contributed by atoms with Crippen molar-refractivity contribution in [2.24, 2.45) is 0 Å². The lowest BCUT2D eigenvalue weighted by molar-refractivity contribution is -0.303. The van der Waals surface area contributed by atoms with Crippen LogP contribution in [0.3, 0.4) is 0 Å². The fourth-order valence-corrected chi connectivity index (χ4v) is 12.3. The molecule has 90 heavy (non-hydrogen) atoms. The molecule has 11 nitrogen and oxygen atoms in total. The Kier molecular flexibility index (Phi) is 63.7. The van der Waals surface area contributed by atoms with Crippen molar-refractivity contribution in [1.82, 2.24) is 5.32 Å². The summed E-state index contributed by atoms with van der Waals surface area (Å²) >= 11 is 0. The van der Waals surface area contributed by atoms with Crippen molar-refractivity contribution in [3.8, 4) is 0 Å². The van der Waals surface area contributed by atoms with Crippen molar-refractivity contribution in [1.29, 1.82) is 0 Å². The second-order valence-corrected chi connectivity index (χ2v) is 27.0. The van der Waals surface area contributed by atoms with Gasteiger partial charge in [-0.05, 0) is 96.3 Å². The highest BCUT2D eigenvalue weighted by Crippen LogP contribution is 2.24. The maximum absolute atomic E-state index is 13.3. The summed E-state index contributed by atoms with van der Waals surface area (Å²) < 4.78 is 11.2. The number of amides is 1. The lowest BCUT2D eigenvalue weighted by Crippen LogP contribution is -2.60. The smallest absolute Gasteiger partial charge is 0.249 e. The van der Waals surface area contributed by atoms with Gasteiger partial charge in [0.1, 0.15) is 36.6 Å². The summed E-state index contributed by atoms with van der Waals surface area (Å²) in [4.78, 5) is 13.3. The van der Waals surface area contributed by atoms with Crippen LogP contribution in [0.5, 0.6) is 0 Å². The predicted molar refractivity (Wildman–Crippen MR) is 381 cm³/mol. The molecule has 0 spiro atoms. The number of rotatable bonds is 68. The second-order valence-electron chi connectivity index (χ2n) is 27.0. The first-order valence-electron chi connectivity index (χ1n) is 38.7. The van der Waals surface area contributed by atoms with Gasteiger partial charge in [0.25, 0.3) is 0 Å². The van der Waals surface area contributed by atoms with E-state index < -0.39 is 74.2 Å². The second kappa shape index (κ2) is 66.8. The molecule has 8 N–H and O–H groups in total. The number of aliphatic hydroxyl groups excluding tert-OH is 7. The minimum absolute atomic E-state index is 0.240. The van der Waals surface area contributed by atoms with Gasteiger partial charge in [-0.15, -0.1) is 0 Å². The highest BCUT2D eigenvalue weighted by molar-refractivity contribution is 5.80. The highest BCUT2D eigenvalue weighted by atomic mass is 16.7. The average Bonchev–Trinajstić information content (AvgIpc) is 1.28. The molecule has 0 aromatic carbocycles. The molecule has 0 aromatic heterocycles. The minimum Gasteiger partial charge on any atom is -0.394 e. The van der Waals surface area contributed by atoms with E-state index in [1.807, 2.05) is 0 Å². The zero-order valence-electron chi connectivity index (χ0n) is 58.6. The van der Waals surface area contributed by atoms with Gasteiger partial charge in [0, 0.05) is 0 Å². The first-order valence-corrected chi connectivity index (χ1v) is 38.7. The Morgan fingerprint density at radius 2 is 0.700 bits per heavy atom. The van der Waals surface area contributed by atoms with Crippen molar-refractivity contribution in [2.45, 2.75) is 422 Å². The summed E-state index contributed by atoms with van der Waals surface area (Å²) in [5.74, 6) is -0.709. The first-order chi connectivity index (χ1) is 44.2. The first kappa shape index (κ1) is 85.8. The van der Waals surface area contributed by atoms with E-state index in [0.717, 1.165) is 51.4 Å². The Morgan fingerprint density at radius 3 is 1.06 bits per heavy atom. The largest absolute Gasteiger partial charge is 0.394 e. The van der Waals surface area contributed by atoms with Crippen molar-refractivity contribution in [3.63, 3.8) is 0 Å². The normalized spacial score (nSPS) is 18.8. The molecule has 11 heteroatoms. The maximum atomic E-state index is 13.3. The monoisotopic (exact) mass is 1270 g/mol. The number of ether oxygens (including phenoxy) is 2. The quantitative estimate of drug-likeness (QED) is 0.0215. The van der Waals surface area contributed by atoms with Gasteiger partial charge in [-0.1, -0.05) is 331 Å². The van der Waals surface area contributed by atoms with E-state index >= 15 is 0 Å². The van der Waals surface area contributed by atoms with Crippen molar-refractivity contribution >= 4 is 5.91 Å². The van der Waals surface area contributed by atoms with Crippen LogP contribution in [0.2, 0.25) is 0 Å². The third-order valence-electron chi connectivity index (χ3n) is 18.5. The Hall–Kier alpha value is -2.19. The van der Waals surface area contributed by atoms with Crippen LogP contribution >= 0.6 is 0 Å². The van der Waals surface area contributed by atoms with E-state index in [2.05, 4.69) is 79.9 Å². The van der Waals surface area contributed by atoms with Gasteiger partial charge < -0.3 is 50.5 Å². The fourth-order valence-electron chi connectivity index (χ4n) is 12.3. The summed E-state index contributed by atoms with van der Waals surface area (Å²) in [6.07, 6.45) is 79.1. The third kappa shape index (κ3) is 53.1. The molecule has 0 bridgehead atoms. The molecule has 528 valence electrons. The lowest BCUT2D eigenvalue weighted by Gasteiger charge is -2.40. The molecule has 1 rings (SSSR count). The summed E-state index contributed by atoms with van der Waals surface area (Å²) in [5.41, 5.74) is 0. The zero-order chi connectivity index (χ0) is 65.3. The Bertz CT molecular complexity index is 1650. The fraction of sp³-hybridized carbons (Fsp3) is 0.861. The molecule has 1 fully saturated rings. The summed E-state index contributed by atoms with van der Waals surface area (Å²) in [6.45, 7) is 3.49. The molecule has 0 radical (unpaired) electrons. The van der Waals surface area contributed by atoms with E-state index in [-0.39, 0.29) is 12.8 Å². The van der Waals surface area contributed by atoms with Crippen LogP contribution in [0.15, 0.2) is 60.8 Å². The molecule has 9 atom stereocenters. The summed E-state index contributed by atoms with van der Waals surface area (Å²) in [7, 11) is 0. The molecular weight excluding hydrogens is 1120 g/mol. The topological polar surface area (TPSA) is 189 Å². The average molecular weight is 1270 g/mol. The van der Waals surface area contributed by atoms with E-state index in [4.69, 9.17) is 9.47 Å². The van der Waals surface area contributed by atoms with Gasteiger partial charge in [0.15, 0.2) is 6.29 Å². The molecular formula is C79H147NO10. The summed E-state index contributed by atoms with van der Waals surface area (Å²) in [6, 6.07) is -1.20. The van der Waals surface area contributed by atoms with Crippen LogP contribution in [0.1, 0.15) is 367 Å². The number of nitrogens with one attached hydrogen (secondary N) is 1. The molecule has 0 aromatic rings. The maximum Gasteiger partial charge on any atom is 0.249 e. The van der Waals surface area contributed by atoms with Crippen LogP contribution < -0.4 is 5.32 Å². The zero-order valence-corrected chi connectivity index (χ0v) is 58.6. The van der Waals surface area contributed by atoms with E-state index in [0.29, 0.717) is 19.3 Å². The van der Waals surface area contributed by atoms with Crippen LogP contribution in [-0.4, -0.2) is 110 Å². The van der Waals surface area contributed by atoms with Gasteiger partial charge in [-0.25, -0.2) is 0 Å². The standard InChI is InChI=1S/C79H147NO10/c1-3-5-7-9-11-13-15-17-19-21-23-25-27-29-30-31-32-33-34-35-36-37-38-39-40-41-43-45-47-49-51-53-55-57-59-61-63-65-67-72(83)78(88)80-70(69-89-79-77(87)76(86)75(85)73(68-81)90-79)74(84)71(82)66-64-62-60-58-56-54-52-50-48-46-44-42-28-26-24-22-20-18-16-14-12-10-8-6-4-2/h32-33,35-36,42,44,50,52,58,60,70-77,79,81-87H,3-31,34,37-41,43,45-49,51,53-57,59,61-69H2,1-2H3,(H,80,88)/b33-32-,36-35-,44-42+,52-50+,60-58+. The van der Waals surface area contributed by atoms with Gasteiger partial charge in [-0.2, -0.15) is 0 Å². The number of hydrogen-bond acceptors (Lipinski definition) is 10. The third-order valence-corrected chi connectivity index (χ3v) is 18.5. The Morgan fingerprint density at radius 1 is 0.389 bits per heavy atom. The van der Waals surface area contributed by atoms with Gasteiger partial charge in [0.05, 0.1) is 25.4 Å². The van der Waals surface area contributed by atoms with E-state index in [9.17, 15) is 40.5 Å². The number of unbranched alkanes of at least 4 members (excludes halogenated alkanes) is 46. The molecule has 1 aliphatic heterocycles. The number of aliphatic hydroxyl groups is 7. The van der Waals surface area contributed by atoms with Crippen molar-refractivity contribution in [3.05, 3.63) is 60.8 Å². The van der Waals surface area contributed by atoms with Crippen LogP contribution in [-0.2, 0) is 14.3 Å². The summed E-state index contributed by atoms with van der Waals surface area (Å²) in [5, 5.41) is 76.6. The molecule has 9 unspecified atom stereocenters. The number of carbonyl (C=O) groups is 1. The lowest BCUT2D eigenvalue weighted by atomic mass is 9.98. The molecule has 1 saturated heterocycles. The highest BCUT2D eigenvalue weighted by Gasteiger charge is 2.44. The molecule has 1 heterocycles. The van der Waals surface area contributed by atoms with Gasteiger partial charge in [0.2, 0.25) is 5.91 Å². The molecule has 1 aliphatic rings. The van der Waals surface area contributed by atoms with Crippen LogP contribution in [0, 0.1) is 0 Å². The van der Waals surface area contributed by atoms with Crippen molar-refractivity contribution < 1.29 is 50.0 Å². The van der Waals surface area contributed by atoms with Crippen LogP contribution in [0.25, 0.3) is 0 Å². The molecule has 1 amide bonds. The molecule has 0 saturated carbocycles. The van der Waals surface area contributed by atoms with E-state index in [1.54, 1.807) is 0 Å². The van der Waals surface area contributed by atoms with Crippen LogP contribution in [0.4, 0.5) is 0 Å². The molecule has 0 aliphatic carbocycles.